The normalized spacial score (nSPS) is 13.4. The van der Waals surface area contributed by atoms with E-state index in [1.54, 1.807) is 0 Å². The molecule has 7 rings (SSSR count). The second-order valence-electron chi connectivity index (χ2n) is 15.4. The highest BCUT2D eigenvalue weighted by molar-refractivity contribution is 7.18. The summed E-state index contributed by atoms with van der Waals surface area (Å²) in [5.41, 5.74) is 1.28. The topological polar surface area (TPSA) is 17.1 Å². The molecule has 0 unspecified atom stereocenters. The number of unbranched alkanes of at least 4 members (excludes halogenated alkanes) is 1. The van der Waals surface area contributed by atoms with E-state index in [2.05, 4.69) is 227 Å². The average Bonchev–Trinajstić information content (AvgIpc) is 3.59. The second kappa shape index (κ2) is 18.3. The van der Waals surface area contributed by atoms with E-state index in [9.17, 15) is 0 Å². The molecule has 1 aliphatic carbocycles. The lowest BCUT2D eigenvalue weighted by Crippen LogP contribution is -2.66. The van der Waals surface area contributed by atoms with Crippen LogP contribution >= 0.6 is 0 Å². The van der Waals surface area contributed by atoms with E-state index < -0.39 is 24.2 Å². The Morgan fingerprint density at radius 1 is 0.397 bits per heavy atom. The van der Waals surface area contributed by atoms with Crippen molar-refractivity contribution in [1.82, 2.24) is 0 Å². The van der Waals surface area contributed by atoms with Crippen LogP contribution in [-0.4, -0.2) is 30.0 Å². The summed E-state index contributed by atoms with van der Waals surface area (Å²) in [5.74, 6) is 0.233. The van der Waals surface area contributed by atoms with Crippen molar-refractivity contribution in [2.24, 2.45) is 0 Å². The van der Waals surface area contributed by atoms with Gasteiger partial charge in [-0.1, -0.05) is 214 Å². The highest BCUT2D eigenvalue weighted by atomic mass is 28.3. The number of carbonyl (C=O) groups is 1. The van der Waals surface area contributed by atoms with Crippen LogP contribution < -0.4 is 31.1 Å². The van der Waals surface area contributed by atoms with Gasteiger partial charge >= 0.3 is 0 Å². The molecule has 0 fully saturated rings. The number of benzene rings is 6. The molecule has 0 spiro atoms. The molecule has 0 saturated heterocycles. The molecular weight excluding hydrogens is 749 g/mol. The van der Waals surface area contributed by atoms with E-state index in [4.69, 9.17) is 0 Å². The van der Waals surface area contributed by atoms with E-state index in [0.717, 1.165) is 35.7 Å². The van der Waals surface area contributed by atoms with Gasteiger partial charge in [0.05, 0.1) is 0 Å². The first kappa shape index (κ1) is 40.5. The van der Waals surface area contributed by atoms with Crippen LogP contribution in [0.15, 0.2) is 241 Å². The molecule has 4 heteroatoms. The molecule has 0 radical (unpaired) electrons. The smallest absolute Gasteiger partial charge is 0.178 e. The summed E-state index contributed by atoms with van der Waals surface area (Å²) in [4.78, 5) is 17.2. The predicted octanol–water partition coefficient (Wildman–Crippen LogP) is 9.32. The van der Waals surface area contributed by atoms with Crippen molar-refractivity contribution in [3.8, 4) is 0 Å². The minimum atomic E-state index is -3.20. The lowest BCUT2D eigenvalue weighted by molar-refractivity contribution is -0.111. The van der Waals surface area contributed by atoms with Crippen LogP contribution in [0.3, 0.4) is 0 Å². The number of rotatable bonds is 18. The van der Waals surface area contributed by atoms with Gasteiger partial charge in [-0.15, -0.1) is 19.7 Å². The standard InChI is InChI=1S/C54H54OSi3/c1-5-9-40-50-52(56(41-6-2,44-28-16-10-17-29-44)45-30-18-11-19-31-45)51(55)54(58(43-8-4,48-36-24-14-25-37-48)49-38-26-15-27-39-49)53(50)57(42-7-3,46-32-20-12-21-33-46)47-34-22-13-23-35-47/h6-8,10-39H,2-5,9,40-43H2,1H3. The molecule has 6 aromatic carbocycles. The second-order valence-corrected chi connectivity index (χ2v) is 27.0. The molecule has 0 heterocycles. The highest BCUT2D eigenvalue weighted by Gasteiger charge is 2.58. The van der Waals surface area contributed by atoms with Crippen LogP contribution in [0, 0.1) is 0 Å². The zero-order valence-electron chi connectivity index (χ0n) is 33.8. The fourth-order valence-electron chi connectivity index (χ4n) is 9.95. The van der Waals surface area contributed by atoms with Crippen molar-refractivity contribution in [2.45, 2.75) is 44.3 Å². The summed E-state index contributed by atoms with van der Waals surface area (Å²) in [6, 6.07) is 68.3. The summed E-state index contributed by atoms with van der Waals surface area (Å²) >= 11 is 0. The summed E-state index contributed by atoms with van der Waals surface area (Å²) in [6.45, 7) is 15.7. The molecule has 0 aromatic heterocycles. The van der Waals surface area contributed by atoms with Gasteiger partial charge in [0.25, 0.3) is 0 Å². The van der Waals surface area contributed by atoms with Gasteiger partial charge in [-0.3, -0.25) is 4.79 Å². The lowest BCUT2D eigenvalue weighted by Gasteiger charge is -2.41. The van der Waals surface area contributed by atoms with Crippen LogP contribution in [0.4, 0.5) is 0 Å². The number of ketones is 1. The van der Waals surface area contributed by atoms with Crippen molar-refractivity contribution >= 4 is 61.1 Å². The largest absolute Gasteiger partial charge is 0.290 e. The van der Waals surface area contributed by atoms with E-state index in [0.29, 0.717) is 12.1 Å². The molecule has 1 aliphatic rings. The summed E-state index contributed by atoms with van der Waals surface area (Å²) in [6.07, 6.45) is 9.13. The summed E-state index contributed by atoms with van der Waals surface area (Å²) in [7, 11) is -9.43. The molecule has 0 saturated carbocycles. The van der Waals surface area contributed by atoms with Crippen LogP contribution in [0.25, 0.3) is 0 Å². The maximum absolute atomic E-state index is 17.2. The van der Waals surface area contributed by atoms with E-state index >= 15 is 4.79 Å². The fourth-order valence-corrected chi connectivity index (χ4v) is 25.8. The Morgan fingerprint density at radius 2 is 0.655 bits per heavy atom. The molecule has 288 valence electrons. The Balaban J connectivity index is 1.79. The van der Waals surface area contributed by atoms with Gasteiger partial charge in [-0.2, -0.15) is 0 Å². The fraction of sp³-hybridized carbons (Fsp3) is 0.130. The van der Waals surface area contributed by atoms with Gasteiger partial charge in [0.2, 0.25) is 0 Å². The van der Waals surface area contributed by atoms with Crippen molar-refractivity contribution in [2.75, 3.05) is 0 Å². The summed E-state index contributed by atoms with van der Waals surface area (Å²) in [5, 5.41) is 10.9. The Kier molecular flexibility index (Phi) is 12.8. The van der Waals surface area contributed by atoms with Gasteiger partial charge in [0, 0.05) is 5.20 Å². The van der Waals surface area contributed by atoms with Gasteiger partial charge in [0.1, 0.15) is 0 Å². The maximum atomic E-state index is 17.2. The molecule has 0 amide bonds. The zero-order valence-corrected chi connectivity index (χ0v) is 36.8. The molecule has 58 heavy (non-hydrogen) atoms. The van der Waals surface area contributed by atoms with E-state index in [1.807, 2.05) is 0 Å². The molecule has 0 aliphatic heterocycles. The number of allylic oxidation sites excluding steroid dienone is 7. The average molecular weight is 803 g/mol. The monoisotopic (exact) mass is 802 g/mol. The molecule has 0 N–H and O–H groups in total. The number of hydrogen-bond donors (Lipinski definition) is 0. The maximum Gasteiger partial charge on any atom is 0.178 e. The van der Waals surface area contributed by atoms with Crippen molar-refractivity contribution in [1.29, 1.82) is 0 Å². The minimum Gasteiger partial charge on any atom is -0.290 e. The first-order valence-electron chi connectivity index (χ1n) is 20.7. The van der Waals surface area contributed by atoms with Crippen LogP contribution in [0.2, 0.25) is 18.1 Å². The van der Waals surface area contributed by atoms with Gasteiger partial charge < -0.3 is 0 Å². The van der Waals surface area contributed by atoms with E-state index in [-0.39, 0.29) is 5.78 Å². The Bertz CT molecular complexity index is 2280. The summed E-state index contributed by atoms with van der Waals surface area (Å²) < 4.78 is 0. The number of Topliss-reactive ketones (excluding diaryl/α,β-unsaturated/α-hetero) is 1. The third-order valence-electron chi connectivity index (χ3n) is 12.3. The van der Waals surface area contributed by atoms with Crippen LogP contribution in [0.5, 0.6) is 0 Å². The quantitative estimate of drug-likeness (QED) is 0.0626. The molecule has 0 atom stereocenters. The molecule has 6 aromatic rings. The third-order valence-corrected chi connectivity index (χ3v) is 27.3. The zero-order chi connectivity index (χ0) is 40.4. The van der Waals surface area contributed by atoms with E-state index in [1.165, 1.54) is 41.9 Å². The number of carbonyl (C=O) groups excluding carboxylic acids is 1. The molecule has 0 bridgehead atoms. The Morgan fingerprint density at radius 3 is 0.914 bits per heavy atom. The van der Waals surface area contributed by atoms with Gasteiger partial charge in [0.15, 0.2) is 30.0 Å². The van der Waals surface area contributed by atoms with Crippen molar-refractivity contribution in [3.05, 3.63) is 241 Å². The van der Waals surface area contributed by atoms with Gasteiger partial charge in [-0.05, 0) is 78.1 Å². The Labute approximate surface area is 349 Å². The first-order valence-corrected chi connectivity index (χ1v) is 27.4. The first-order chi connectivity index (χ1) is 28.5. The number of hydrogen-bond acceptors (Lipinski definition) is 1. The van der Waals surface area contributed by atoms with Crippen LogP contribution in [0.1, 0.15) is 26.2 Å². The predicted molar refractivity (Wildman–Crippen MR) is 257 cm³/mol. The Hall–Kier alpha value is -5.66. The minimum absolute atomic E-state index is 0.233. The highest BCUT2D eigenvalue weighted by Crippen LogP contribution is 2.47. The molecule has 1 nitrogen and oxygen atoms in total. The molecular formula is C54H54OSi3. The van der Waals surface area contributed by atoms with Crippen molar-refractivity contribution in [3.63, 3.8) is 0 Å². The van der Waals surface area contributed by atoms with Crippen molar-refractivity contribution < 1.29 is 4.79 Å². The van der Waals surface area contributed by atoms with Gasteiger partial charge in [-0.25, -0.2) is 0 Å². The SMILES string of the molecule is C=CC[Si](C1=C(CCCC)C([Si](CC=C)(c2ccccc2)c2ccccc2)=C([Si](CC=C)(c2ccccc2)c2ccccc2)C1=O)(c1ccccc1)c1ccccc1. The third kappa shape index (κ3) is 7.00. The lowest BCUT2D eigenvalue weighted by atomic mass is 10.1. The van der Waals surface area contributed by atoms with Crippen LogP contribution in [-0.2, 0) is 4.79 Å².